The van der Waals surface area contributed by atoms with Gasteiger partial charge < -0.3 is 4.55 Å². The molecular formula is C8H9ClF7O2S-. The molecule has 0 spiro atoms. The first-order chi connectivity index (χ1) is 8.37. The second-order valence-corrected chi connectivity index (χ2v) is 5.28. The van der Waals surface area contributed by atoms with Gasteiger partial charge in [-0.2, -0.15) is 26.3 Å². The van der Waals surface area contributed by atoms with Gasteiger partial charge in [-0.25, -0.2) is 4.39 Å². The molecule has 0 heterocycles. The third-order valence-corrected chi connectivity index (χ3v) is 3.55. The van der Waals surface area contributed by atoms with Crippen LogP contribution >= 0.6 is 11.6 Å². The SMILES string of the molecule is O=S([O-])C(CCCCl)CC(F)(C(F)(F)F)C(F)(F)F. The molecule has 2 nitrogen and oxygen atoms in total. The molecule has 0 saturated carbocycles. The smallest absolute Gasteiger partial charge is 0.431 e. The predicted molar refractivity (Wildman–Crippen MR) is 53.2 cm³/mol. The summed E-state index contributed by atoms with van der Waals surface area (Å²) in [5.41, 5.74) is -5.56. The van der Waals surface area contributed by atoms with Crippen LogP contribution in [0.1, 0.15) is 19.3 Å². The van der Waals surface area contributed by atoms with Gasteiger partial charge in [-0.15, -0.1) is 11.6 Å². The Labute approximate surface area is 111 Å². The molecule has 2 unspecified atom stereocenters. The highest BCUT2D eigenvalue weighted by molar-refractivity contribution is 7.79. The van der Waals surface area contributed by atoms with Crippen molar-refractivity contribution >= 4 is 22.7 Å². The van der Waals surface area contributed by atoms with E-state index in [-0.39, 0.29) is 12.3 Å². The topological polar surface area (TPSA) is 40.1 Å². The second-order valence-electron chi connectivity index (χ2n) is 3.71. The third kappa shape index (κ3) is 4.75. The van der Waals surface area contributed by atoms with Crippen LogP contribution in [0.15, 0.2) is 0 Å². The number of rotatable bonds is 6. The summed E-state index contributed by atoms with van der Waals surface area (Å²) in [5.74, 6) is -0.162. The fourth-order valence-electron chi connectivity index (χ4n) is 1.28. The monoisotopic (exact) mass is 337 g/mol. The van der Waals surface area contributed by atoms with Crippen LogP contribution in [0.2, 0.25) is 0 Å². The number of hydrogen-bond donors (Lipinski definition) is 0. The van der Waals surface area contributed by atoms with E-state index in [1.807, 2.05) is 0 Å². The van der Waals surface area contributed by atoms with Crippen molar-refractivity contribution in [1.29, 1.82) is 0 Å². The van der Waals surface area contributed by atoms with E-state index in [2.05, 4.69) is 0 Å². The Morgan fingerprint density at radius 1 is 1.05 bits per heavy atom. The third-order valence-electron chi connectivity index (χ3n) is 2.34. The Morgan fingerprint density at radius 3 is 1.74 bits per heavy atom. The summed E-state index contributed by atoms with van der Waals surface area (Å²) in [6, 6.07) is 0. The van der Waals surface area contributed by atoms with Gasteiger partial charge in [0, 0.05) is 17.6 Å². The average Bonchev–Trinajstić information content (AvgIpc) is 2.20. The van der Waals surface area contributed by atoms with Crippen molar-refractivity contribution in [2.24, 2.45) is 0 Å². The first-order valence-electron chi connectivity index (χ1n) is 4.83. The molecule has 0 aromatic rings. The lowest BCUT2D eigenvalue weighted by Gasteiger charge is -2.33. The second kappa shape index (κ2) is 6.57. The van der Waals surface area contributed by atoms with Crippen molar-refractivity contribution < 1.29 is 39.5 Å². The molecule has 0 aromatic carbocycles. The lowest BCUT2D eigenvalue weighted by atomic mass is 9.96. The summed E-state index contributed by atoms with van der Waals surface area (Å²) in [6.45, 7) is 0. The van der Waals surface area contributed by atoms with E-state index in [0.29, 0.717) is 0 Å². The lowest BCUT2D eigenvalue weighted by molar-refractivity contribution is -0.343. The zero-order valence-corrected chi connectivity index (χ0v) is 10.7. The van der Waals surface area contributed by atoms with E-state index in [1.54, 1.807) is 0 Å². The molecule has 0 aromatic heterocycles. The van der Waals surface area contributed by atoms with Crippen LogP contribution in [0.3, 0.4) is 0 Å². The lowest BCUT2D eigenvalue weighted by Crippen LogP contribution is -2.55. The molecule has 0 N–H and O–H groups in total. The molecule has 0 aliphatic heterocycles. The Bertz CT molecular complexity index is 303. The van der Waals surface area contributed by atoms with Gasteiger partial charge in [0.05, 0.1) is 0 Å². The first-order valence-corrected chi connectivity index (χ1v) is 6.50. The molecule has 0 aliphatic carbocycles. The standard InChI is InChI=1S/C8H10ClF7O2S/c9-3-1-2-5(19(17)18)4-6(10,7(11,12)13)8(14,15)16/h5H,1-4H2,(H,17,18)/p-1. The van der Waals surface area contributed by atoms with Gasteiger partial charge in [0.25, 0.3) is 5.67 Å². The maximum atomic E-state index is 13.3. The fourth-order valence-corrected chi connectivity index (χ4v) is 2.16. The summed E-state index contributed by atoms with van der Waals surface area (Å²) in [4.78, 5) is 0. The molecule has 11 heteroatoms. The van der Waals surface area contributed by atoms with E-state index in [0.717, 1.165) is 0 Å². The molecule has 2 atom stereocenters. The summed E-state index contributed by atoms with van der Waals surface area (Å²) in [7, 11) is 0. The zero-order chi connectivity index (χ0) is 15.5. The van der Waals surface area contributed by atoms with E-state index < -0.39 is 47.2 Å². The molecule has 0 saturated heterocycles. The maximum absolute atomic E-state index is 13.3. The van der Waals surface area contributed by atoms with Crippen molar-refractivity contribution in [1.82, 2.24) is 0 Å². The molecule has 0 aliphatic rings. The summed E-state index contributed by atoms with van der Waals surface area (Å²) >= 11 is 1.89. The zero-order valence-electron chi connectivity index (χ0n) is 9.15. The van der Waals surface area contributed by atoms with E-state index >= 15 is 0 Å². The van der Waals surface area contributed by atoms with Gasteiger partial charge in [0.1, 0.15) is 0 Å². The minimum Gasteiger partial charge on any atom is -0.772 e. The molecule has 0 bridgehead atoms. The molecular weight excluding hydrogens is 329 g/mol. The Balaban J connectivity index is 5.26. The molecule has 19 heavy (non-hydrogen) atoms. The van der Waals surface area contributed by atoms with E-state index in [9.17, 15) is 39.5 Å². The van der Waals surface area contributed by atoms with Crippen LogP contribution in [-0.2, 0) is 11.1 Å². The van der Waals surface area contributed by atoms with Crippen molar-refractivity contribution in [3.63, 3.8) is 0 Å². The first kappa shape index (κ1) is 18.9. The quantitative estimate of drug-likeness (QED) is 0.423. The number of alkyl halides is 8. The van der Waals surface area contributed by atoms with Gasteiger partial charge >= 0.3 is 12.4 Å². The highest BCUT2D eigenvalue weighted by atomic mass is 35.5. The minimum absolute atomic E-state index is 0.147. The van der Waals surface area contributed by atoms with Gasteiger partial charge in [-0.1, -0.05) is 11.1 Å². The average molecular weight is 338 g/mol. The van der Waals surface area contributed by atoms with Crippen LogP contribution in [-0.4, -0.2) is 37.9 Å². The van der Waals surface area contributed by atoms with E-state index in [4.69, 9.17) is 11.6 Å². The maximum Gasteiger partial charge on any atom is 0.431 e. The van der Waals surface area contributed by atoms with Crippen LogP contribution in [0, 0.1) is 0 Å². The summed E-state index contributed by atoms with van der Waals surface area (Å²) in [5, 5.41) is -2.12. The molecule has 0 fully saturated rings. The Kier molecular flexibility index (Phi) is 6.54. The van der Waals surface area contributed by atoms with Gasteiger partial charge in [-0.3, -0.25) is 4.21 Å². The molecule has 116 valence electrons. The van der Waals surface area contributed by atoms with Crippen molar-refractivity contribution in [3.05, 3.63) is 0 Å². The van der Waals surface area contributed by atoms with Gasteiger partial charge in [0.15, 0.2) is 0 Å². The largest absolute Gasteiger partial charge is 0.772 e. The van der Waals surface area contributed by atoms with Crippen molar-refractivity contribution in [2.75, 3.05) is 5.88 Å². The highest BCUT2D eigenvalue weighted by Gasteiger charge is 2.72. The summed E-state index contributed by atoms with van der Waals surface area (Å²) < 4.78 is 108. The molecule has 0 rings (SSSR count). The van der Waals surface area contributed by atoms with Crippen LogP contribution in [0.25, 0.3) is 0 Å². The minimum atomic E-state index is -6.25. The van der Waals surface area contributed by atoms with Gasteiger partial charge in [0.2, 0.25) is 0 Å². The summed E-state index contributed by atoms with van der Waals surface area (Å²) in [6.07, 6.45) is -15.5. The van der Waals surface area contributed by atoms with Gasteiger partial charge in [-0.05, 0) is 12.8 Å². The highest BCUT2D eigenvalue weighted by Crippen LogP contribution is 2.49. The van der Waals surface area contributed by atoms with Crippen LogP contribution in [0.5, 0.6) is 0 Å². The fraction of sp³-hybridized carbons (Fsp3) is 1.00. The van der Waals surface area contributed by atoms with Crippen LogP contribution < -0.4 is 0 Å². The van der Waals surface area contributed by atoms with E-state index in [1.165, 1.54) is 0 Å². The van der Waals surface area contributed by atoms with Crippen molar-refractivity contribution in [3.8, 4) is 0 Å². The normalized spacial score (nSPS) is 17.3. The van der Waals surface area contributed by atoms with Crippen LogP contribution in [0.4, 0.5) is 30.7 Å². The molecule has 0 amide bonds. The Morgan fingerprint density at radius 2 is 1.47 bits per heavy atom. The predicted octanol–water partition coefficient (Wildman–Crippen LogP) is 3.48. The van der Waals surface area contributed by atoms with Crippen molar-refractivity contribution in [2.45, 2.75) is 42.5 Å². The number of hydrogen-bond acceptors (Lipinski definition) is 2. The Hall–Kier alpha value is -0.0900. The number of halogens is 8. The molecule has 0 radical (unpaired) electrons.